The average Bonchev–Trinajstić information content (AvgIpc) is 3.57. The molecule has 0 radical (unpaired) electrons. The summed E-state index contributed by atoms with van der Waals surface area (Å²) in [5.74, 6) is 3.26. The Morgan fingerprint density at radius 2 is 1.84 bits per heavy atom. The zero-order valence-electron chi connectivity index (χ0n) is 19.6. The largest absolute Gasteiger partial charge is 0.493 e. The third kappa shape index (κ3) is 5.28. The van der Waals surface area contributed by atoms with Crippen molar-refractivity contribution in [2.75, 3.05) is 47.4 Å². The summed E-state index contributed by atoms with van der Waals surface area (Å²) in [5, 5.41) is 7.28. The summed E-state index contributed by atoms with van der Waals surface area (Å²) >= 11 is 0. The van der Waals surface area contributed by atoms with Gasteiger partial charge in [-0.3, -0.25) is 4.99 Å². The summed E-state index contributed by atoms with van der Waals surface area (Å²) in [6.45, 7) is 4.41. The molecule has 1 aromatic rings. The van der Waals surface area contributed by atoms with Gasteiger partial charge in [-0.15, -0.1) is 0 Å². The Balaban J connectivity index is 1.38. The molecule has 2 aliphatic carbocycles. The maximum atomic E-state index is 5.60. The molecule has 1 unspecified atom stereocenters. The van der Waals surface area contributed by atoms with E-state index in [9.17, 15) is 0 Å². The lowest BCUT2D eigenvalue weighted by Gasteiger charge is -2.38. The standard InChI is InChI=1S/C25H40N4O2/c1-26-24(27-16-19-11-14-29(17-19)21-8-9-21)28-18-25(12-5-4-6-13-25)20-7-10-22(30-2)23(15-20)31-3/h7,10,15,19,21H,4-6,8-9,11-14,16-18H2,1-3H3,(H2,26,27,28). The van der Waals surface area contributed by atoms with Crippen molar-refractivity contribution >= 4 is 5.96 Å². The van der Waals surface area contributed by atoms with Crippen LogP contribution in [0, 0.1) is 5.92 Å². The van der Waals surface area contributed by atoms with Gasteiger partial charge in [-0.1, -0.05) is 25.3 Å². The lowest BCUT2D eigenvalue weighted by molar-refractivity contribution is 0.288. The van der Waals surface area contributed by atoms with Crippen molar-refractivity contribution in [3.05, 3.63) is 23.8 Å². The van der Waals surface area contributed by atoms with Crippen molar-refractivity contribution in [1.29, 1.82) is 0 Å². The molecule has 4 rings (SSSR count). The molecule has 0 amide bonds. The van der Waals surface area contributed by atoms with Crippen LogP contribution in [0.2, 0.25) is 0 Å². The monoisotopic (exact) mass is 428 g/mol. The highest BCUT2D eigenvalue weighted by atomic mass is 16.5. The van der Waals surface area contributed by atoms with Gasteiger partial charge in [-0.25, -0.2) is 0 Å². The minimum atomic E-state index is 0.103. The van der Waals surface area contributed by atoms with Gasteiger partial charge < -0.3 is 25.0 Å². The van der Waals surface area contributed by atoms with Crippen molar-refractivity contribution in [3.8, 4) is 11.5 Å². The molecule has 3 aliphatic rings. The maximum absolute atomic E-state index is 5.60. The van der Waals surface area contributed by atoms with Gasteiger partial charge in [0, 0.05) is 38.1 Å². The molecule has 0 aromatic heterocycles. The maximum Gasteiger partial charge on any atom is 0.191 e. The molecule has 31 heavy (non-hydrogen) atoms. The van der Waals surface area contributed by atoms with Gasteiger partial charge in [0.2, 0.25) is 0 Å². The summed E-state index contributed by atoms with van der Waals surface area (Å²) in [4.78, 5) is 7.20. The number of rotatable bonds is 8. The minimum absolute atomic E-state index is 0.103. The lowest BCUT2D eigenvalue weighted by atomic mass is 9.69. The van der Waals surface area contributed by atoms with Crippen LogP contribution in [0.15, 0.2) is 23.2 Å². The first-order valence-electron chi connectivity index (χ1n) is 12.1. The normalized spacial score (nSPS) is 24.1. The number of nitrogens with zero attached hydrogens (tertiary/aromatic N) is 2. The number of likely N-dealkylation sites (tertiary alicyclic amines) is 1. The number of hydrogen-bond donors (Lipinski definition) is 2. The predicted octanol–water partition coefficient (Wildman–Crippen LogP) is 3.56. The zero-order valence-corrected chi connectivity index (χ0v) is 19.6. The van der Waals surface area contributed by atoms with Crippen molar-refractivity contribution in [2.24, 2.45) is 10.9 Å². The van der Waals surface area contributed by atoms with Crippen LogP contribution in [0.25, 0.3) is 0 Å². The van der Waals surface area contributed by atoms with Crippen molar-refractivity contribution < 1.29 is 9.47 Å². The highest BCUT2D eigenvalue weighted by Crippen LogP contribution is 2.42. The Morgan fingerprint density at radius 3 is 2.52 bits per heavy atom. The van der Waals surface area contributed by atoms with Gasteiger partial charge in [-0.2, -0.15) is 0 Å². The average molecular weight is 429 g/mol. The summed E-state index contributed by atoms with van der Waals surface area (Å²) < 4.78 is 11.1. The molecular formula is C25H40N4O2. The van der Waals surface area contributed by atoms with Gasteiger partial charge in [0.25, 0.3) is 0 Å². The fourth-order valence-electron chi connectivity index (χ4n) is 5.48. The number of aliphatic imine (C=N–C) groups is 1. The fraction of sp³-hybridized carbons (Fsp3) is 0.720. The number of hydrogen-bond acceptors (Lipinski definition) is 4. The molecule has 1 atom stereocenters. The molecular weight excluding hydrogens is 388 g/mol. The number of benzene rings is 1. The lowest BCUT2D eigenvalue weighted by Crippen LogP contribution is -2.47. The molecule has 3 fully saturated rings. The Kier molecular flexibility index (Phi) is 7.26. The summed E-state index contributed by atoms with van der Waals surface area (Å²) in [6.07, 6.45) is 10.3. The number of nitrogens with one attached hydrogen (secondary N) is 2. The van der Waals surface area contributed by atoms with Crippen molar-refractivity contribution in [1.82, 2.24) is 15.5 Å². The van der Waals surface area contributed by atoms with Crippen LogP contribution in [0.5, 0.6) is 11.5 Å². The van der Waals surface area contributed by atoms with E-state index in [-0.39, 0.29) is 5.41 Å². The zero-order chi connectivity index (χ0) is 21.7. The van der Waals surface area contributed by atoms with Crippen LogP contribution in [0.3, 0.4) is 0 Å². The fourth-order valence-corrected chi connectivity index (χ4v) is 5.48. The predicted molar refractivity (Wildman–Crippen MR) is 126 cm³/mol. The SMILES string of the molecule is CN=C(NCC1CCN(C2CC2)C1)NCC1(c2ccc(OC)c(OC)c2)CCCCC1. The smallest absolute Gasteiger partial charge is 0.191 e. The number of methoxy groups -OCH3 is 2. The van der Waals surface area contributed by atoms with Crippen LogP contribution in [0.1, 0.15) is 56.9 Å². The Bertz CT molecular complexity index is 756. The van der Waals surface area contributed by atoms with Crippen LogP contribution in [-0.4, -0.2) is 64.3 Å². The summed E-state index contributed by atoms with van der Waals surface area (Å²) in [7, 11) is 5.29. The molecule has 1 aliphatic heterocycles. The molecule has 1 heterocycles. The van der Waals surface area contributed by atoms with Gasteiger partial charge in [0.05, 0.1) is 14.2 Å². The first kappa shape index (κ1) is 22.3. The second kappa shape index (κ2) is 10.1. The van der Waals surface area contributed by atoms with Crippen LogP contribution in [0.4, 0.5) is 0 Å². The highest BCUT2D eigenvalue weighted by molar-refractivity contribution is 5.79. The van der Waals surface area contributed by atoms with Gasteiger partial charge >= 0.3 is 0 Å². The number of guanidine groups is 1. The van der Waals surface area contributed by atoms with Gasteiger partial charge in [-0.05, 0) is 62.3 Å². The third-order valence-electron chi connectivity index (χ3n) is 7.56. The van der Waals surface area contributed by atoms with E-state index < -0.39 is 0 Å². The molecule has 6 heteroatoms. The van der Waals surface area contributed by atoms with Crippen LogP contribution in [-0.2, 0) is 5.41 Å². The third-order valence-corrected chi connectivity index (χ3v) is 7.56. The van der Waals surface area contributed by atoms with E-state index in [0.717, 1.165) is 42.5 Å². The number of ether oxygens (including phenoxy) is 2. The van der Waals surface area contributed by atoms with E-state index in [1.165, 1.54) is 70.0 Å². The second-order valence-corrected chi connectivity index (χ2v) is 9.60. The van der Waals surface area contributed by atoms with Crippen LogP contribution >= 0.6 is 0 Å². The van der Waals surface area contributed by atoms with E-state index in [4.69, 9.17) is 9.47 Å². The molecule has 2 N–H and O–H groups in total. The van der Waals surface area contributed by atoms with E-state index in [0.29, 0.717) is 0 Å². The summed E-state index contributed by atoms with van der Waals surface area (Å²) in [5.41, 5.74) is 1.44. The quantitative estimate of drug-likeness (QED) is 0.490. The van der Waals surface area contributed by atoms with Gasteiger partial charge in [0.15, 0.2) is 17.5 Å². The molecule has 1 aromatic carbocycles. The van der Waals surface area contributed by atoms with E-state index >= 15 is 0 Å². The second-order valence-electron chi connectivity index (χ2n) is 9.60. The van der Waals surface area contributed by atoms with Crippen molar-refractivity contribution in [2.45, 2.75) is 62.8 Å². The topological polar surface area (TPSA) is 58.1 Å². The first-order valence-corrected chi connectivity index (χ1v) is 12.1. The highest BCUT2D eigenvalue weighted by Gasteiger charge is 2.36. The summed E-state index contributed by atoms with van der Waals surface area (Å²) in [6, 6.07) is 7.32. The van der Waals surface area contributed by atoms with E-state index in [2.05, 4.69) is 32.7 Å². The molecule has 6 nitrogen and oxygen atoms in total. The van der Waals surface area contributed by atoms with Crippen molar-refractivity contribution in [3.63, 3.8) is 0 Å². The van der Waals surface area contributed by atoms with E-state index in [1.54, 1.807) is 14.2 Å². The molecule has 0 bridgehead atoms. The molecule has 172 valence electrons. The Hall–Kier alpha value is -1.95. The van der Waals surface area contributed by atoms with E-state index in [1.807, 2.05) is 13.1 Å². The molecule has 1 saturated heterocycles. The molecule has 2 saturated carbocycles. The molecule has 0 spiro atoms. The van der Waals surface area contributed by atoms with Crippen LogP contribution < -0.4 is 20.1 Å². The minimum Gasteiger partial charge on any atom is -0.493 e. The Labute approximate surface area is 187 Å². The Morgan fingerprint density at radius 1 is 1.06 bits per heavy atom. The first-order chi connectivity index (χ1) is 15.2. The van der Waals surface area contributed by atoms with Gasteiger partial charge in [0.1, 0.15) is 0 Å².